The number of imidazole rings is 1. The van der Waals surface area contributed by atoms with Gasteiger partial charge in [0, 0.05) is 31.4 Å². The second-order valence-corrected chi connectivity index (χ2v) is 6.26. The van der Waals surface area contributed by atoms with Crippen LogP contribution in [0.15, 0.2) is 22.9 Å². The Bertz CT molecular complexity index is 550. The van der Waals surface area contributed by atoms with Crippen LogP contribution in [0.4, 0.5) is 5.69 Å². The highest BCUT2D eigenvalue weighted by Crippen LogP contribution is 2.29. The molecule has 0 unspecified atom stereocenters. The average Bonchev–Trinajstić information content (AvgIpc) is 2.55. The van der Waals surface area contributed by atoms with E-state index >= 15 is 0 Å². The largest absolute Gasteiger partial charge is 0.378 e. The van der Waals surface area contributed by atoms with E-state index in [0.717, 1.165) is 15.9 Å². The molecule has 0 aromatic carbocycles. The van der Waals surface area contributed by atoms with E-state index in [1.807, 2.05) is 14.1 Å². The van der Waals surface area contributed by atoms with Crippen LogP contribution >= 0.6 is 15.9 Å². The van der Waals surface area contributed by atoms with E-state index in [1.54, 1.807) is 0 Å². The molecule has 2 aromatic rings. The van der Waals surface area contributed by atoms with Crippen LogP contribution in [0.25, 0.3) is 5.52 Å². The highest BCUT2D eigenvalue weighted by molar-refractivity contribution is 9.10. The minimum Gasteiger partial charge on any atom is -0.378 e. The van der Waals surface area contributed by atoms with Gasteiger partial charge in [-0.25, -0.2) is 4.98 Å². The van der Waals surface area contributed by atoms with Crippen LogP contribution in [0.5, 0.6) is 0 Å². The first-order valence-corrected chi connectivity index (χ1v) is 6.45. The van der Waals surface area contributed by atoms with Crippen molar-refractivity contribution >= 4 is 27.1 Å². The lowest BCUT2D eigenvalue weighted by molar-refractivity contribution is 0.542. The Kier molecular flexibility index (Phi) is 2.94. The molecule has 0 amide bonds. The van der Waals surface area contributed by atoms with E-state index in [0.29, 0.717) is 0 Å². The molecule has 17 heavy (non-hydrogen) atoms. The molecule has 2 heterocycles. The lowest BCUT2D eigenvalue weighted by atomic mass is 9.96. The summed E-state index contributed by atoms with van der Waals surface area (Å²) in [7, 11) is 4.08. The van der Waals surface area contributed by atoms with Gasteiger partial charge in [0.2, 0.25) is 0 Å². The third-order valence-corrected chi connectivity index (χ3v) is 3.35. The summed E-state index contributed by atoms with van der Waals surface area (Å²) in [4.78, 5) is 6.72. The third-order valence-electron chi connectivity index (χ3n) is 2.77. The average molecular weight is 296 g/mol. The van der Waals surface area contributed by atoms with Crippen LogP contribution in [-0.4, -0.2) is 23.5 Å². The molecule has 0 radical (unpaired) electrons. The normalized spacial score (nSPS) is 12.1. The number of halogens is 1. The Morgan fingerprint density at radius 1 is 1.29 bits per heavy atom. The van der Waals surface area contributed by atoms with Crippen molar-refractivity contribution in [2.45, 2.75) is 26.2 Å². The molecule has 0 fully saturated rings. The molecule has 92 valence electrons. The zero-order valence-corrected chi connectivity index (χ0v) is 12.5. The van der Waals surface area contributed by atoms with Gasteiger partial charge in [-0.15, -0.1) is 0 Å². The van der Waals surface area contributed by atoms with Crippen molar-refractivity contribution in [1.82, 2.24) is 9.38 Å². The second kappa shape index (κ2) is 4.02. The first-order chi connectivity index (χ1) is 7.80. The minimum absolute atomic E-state index is 0.0363. The Morgan fingerprint density at radius 3 is 2.47 bits per heavy atom. The number of pyridine rings is 1. The molecule has 0 aliphatic rings. The monoisotopic (exact) mass is 295 g/mol. The summed E-state index contributed by atoms with van der Waals surface area (Å²) >= 11 is 3.54. The summed E-state index contributed by atoms with van der Waals surface area (Å²) in [6, 6.07) is 4.25. The molecule has 2 rings (SSSR count). The number of nitrogens with zero attached hydrogens (tertiary/aromatic N) is 3. The van der Waals surface area contributed by atoms with Gasteiger partial charge in [-0.05, 0) is 28.1 Å². The van der Waals surface area contributed by atoms with Gasteiger partial charge in [-0.3, -0.25) is 0 Å². The predicted octanol–water partition coefficient (Wildman–Crippen LogP) is 3.46. The number of rotatable bonds is 1. The van der Waals surface area contributed by atoms with E-state index < -0.39 is 0 Å². The van der Waals surface area contributed by atoms with Crippen molar-refractivity contribution in [3.63, 3.8) is 0 Å². The van der Waals surface area contributed by atoms with E-state index in [1.165, 1.54) is 5.69 Å². The van der Waals surface area contributed by atoms with E-state index in [9.17, 15) is 0 Å². The molecular weight excluding hydrogens is 278 g/mol. The standard InChI is InChI=1S/C13H18BrN3/c1-13(2,3)12-15-11(14)10-8-9(16(4)5)6-7-17(10)12/h6-8H,1-5H3. The number of aromatic nitrogens is 2. The maximum absolute atomic E-state index is 4.62. The SMILES string of the molecule is CN(C)c1ccn2c(C(C)(C)C)nc(Br)c2c1. The topological polar surface area (TPSA) is 20.5 Å². The predicted molar refractivity (Wildman–Crippen MR) is 75.9 cm³/mol. The molecule has 2 aromatic heterocycles. The lowest BCUT2D eigenvalue weighted by Gasteiger charge is -2.17. The molecule has 0 aliphatic heterocycles. The number of fused-ring (bicyclic) bond motifs is 1. The van der Waals surface area contributed by atoms with Crippen molar-refractivity contribution in [1.29, 1.82) is 0 Å². The molecule has 0 N–H and O–H groups in total. The summed E-state index contributed by atoms with van der Waals surface area (Å²) in [6.07, 6.45) is 2.09. The summed E-state index contributed by atoms with van der Waals surface area (Å²) < 4.78 is 3.06. The highest BCUT2D eigenvalue weighted by atomic mass is 79.9. The van der Waals surface area contributed by atoms with Gasteiger partial charge in [0.05, 0.1) is 5.52 Å². The third kappa shape index (κ3) is 2.18. The fourth-order valence-corrected chi connectivity index (χ4v) is 2.32. The first-order valence-electron chi connectivity index (χ1n) is 5.66. The lowest BCUT2D eigenvalue weighted by Crippen LogP contribution is -2.16. The Labute approximate surface area is 111 Å². The number of hydrogen-bond donors (Lipinski definition) is 0. The van der Waals surface area contributed by atoms with Crippen LogP contribution in [0, 0.1) is 0 Å². The Morgan fingerprint density at radius 2 is 1.94 bits per heavy atom. The van der Waals surface area contributed by atoms with Crippen LogP contribution < -0.4 is 4.90 Å². The summed E-state index contributed by atoms with van der Waals surface area (Å²) in [6.45, 7) is 6.52. The fourth-order valence-electron chi connectivity index (χ4n) is 1.84. The van der Waals surface area contributed by atoms with Crippen molar-refractivity contribution in [2.24, 2.45) is 0 Å². The number of hydrogen-bond acceptors (Lipinski definition) is 2. The first kappa shape index (κ1) is 12.4. The zero-order chi connectivity index (χ0) is 12.8. The Balaban J connectivity index is 2.70. The molecule has 3 nitrogen and oxygen atoms in total. The van der Waals surface area contributed by atoms with Crippen molar-refractivity contribution in [3.05, 3.63) is 28.8 Å². The van der Waals surface area contributed by atoms with Crippen LogP contribution in [-0.2, 0) is 5.41 Å². The van der Waals surface area contributed by atoms with Gasteiger partial charge in [0.1, 0.15) is 10.4 Å². The van der Waals surface area contributed by atoms with Crippen molar-refractivity contribution < 1.29 is 0 Å². The fraction of sp³-hybridized carbons (Fsp3) is 0.462. The van der Waals surface area contributed by atoms with Gasteiger partial charge in [0.15, 0.2) is 0 Å². The van der Waals surface area contributed by atoms with Gasteiger partial charge in [-0.2, -0.15) is 0 Å². The van der Waals surface area contributed by atoms with E-state index in [-0.39, 0.29) is 5.41 Å². The van der Waals surface area contributed by atoms with E-state index in [4.69, 9.17) is 0 Å². The van der Waals surface area contributed by atoms with Gasteiger partial charge < -0.3 is 9.30 Å². The quantitative estimate of drug-likeness (QED) is 0.803. The van der Waals surface area contributed by atoms with Gasteiger partial charge in [0.25, 0.3) is 0 Å². The second-order valence-electron chi connectivity index (χ2n) is 5.51. The Hall–Kier alpha value is -1.03. The van der Waals surface area contributed by atoms with Crippen LogP contribution in [0.2, 0.25) is 0 Å². The molecule has 4 heteroatoms. The molecular formula is C13H18BrN3. The molecule has 0 aliphatic carbocycles. The maximum Gasteiger partial charge on any atom is 0.132 e. The summed E-state index contributed by atoms with van der Waals surface area (Å²) in [5.74, 6) is 1.07. The smallest absolute Gasteiger partial charge is 0.132 e. The summed E-state index contributed by atoms with van der Waals surface area (Å²) in [5.41, 5.74) is 2.33. The van der Waals surface area contributed by atoms with E-state index in [2.05, 4.69) is 69.3 Å². The molecule has 0 saturated carbocycles. The summed E-state index contributed by atoms with van der Waals surface area (Å²) in [5, 5.41) is 0. The van der Waals surface area contributed by atoms with Crippen molar-refractivity contribution in [3.8, 4) is 0 Å². The highest BCUT2D eigenvalue weighted by Gasteiger charge is 2.21. The molecule has 0 spiro atoms. The maximum atomic E-state index is 4.62. The van der Waals surface area contributed by atoms with Crippen LogP contribution in [0.1, 0.15) is 26.6 Å². The minimum atomic E-state index is 0.0363. The molecule has 0 atom stereocenters. The number of anilines is 1. The van der Waals surface area contributed by atoms with Gasteiger partial charge >= 0.3 is 0 Å². The van der Waals surface area contributed by atoms with Crippen molar-refractivity contribution in [2.75, 3.05) is 19.0 Å². The van der Waals surface area contributed by atoms with Gasteiger partial charge in [-0.1, -0.05) is 20.8 Å². The zero-order valence-electron chi connectivity index (χ0n) is 11.0. The van der Waals surface area contributed by atoms with Crippen LogP contribution in [0.3, 0.4) is 0 Å². The molecule has 0 bridgehead atoms. The molecule has 0 saturated heterocycles.